The van der Waals surface area contributed by atoms with Crippen LogP contribution in [0.1, 0.15) is 40.5 Å². The molecule has 0 saturated heterocycles. The van der Waals surface area contributed by atoms with Gasteiger partial charge in [0.2, 0.25) is 0 Å². The highest BCUT2D eigenvalue weighted by atomic mass is 14.8. The summed E-state index contributed by atoms with van der Waals surface area (Å²) in [5.41, 5.74) is -0.789. The van der Waals surface area contributed by atoms with Crippen molar-refractivity contribution in [1.29, 1.82) is 0 Å². The molecular weight excluding hydrogens is 136 g/mol. The summed E-state index contributed by atoms with van der Waals surface area (Å²) in [6, 6.07) is 0. The highest BCUT2D eigenvalue weighted by Crippen LogP contribution is 2.04. The first kappa shape index (κ1) is 2.85. The van der Waals surface area contributed by atoms with Crippen LogP contribution in [0.15, 0.2) is 6.20 Å². The van der Waals surface area contributed by atoms with Crippen molar-refractivity contribution in [3.63, 3.8) is 0 Å². The average molecular weight is 157 g/mol. The fourth-order valence-electron chi connectivity index (χ4n) is 0.746. The minimum atomic E-state index is -2.49. The van der Waals surface area contributed by atoms with Crippen molar-refractivity contribution in [2.45, 2.75) is 33.4 Å². The van der Waals surface area contributed by atoms with Crippen LogP contribution in [0.4, 0.5) is 0 Å². The minimum Gasteiger partial charge on any atom is -0.258 e. The summed E-state index contributed by atoms with van der Waals surface area (Å²) < 4.78 is 52.0. The largest absolute Gasteiger partial charge is 0.258 e. The van der Waals surface area contributed by atoms with Gasteiger partial charge in [0.05, 0.1) is 17.1 Å². The molecule has 1 heterocycles. The van der Waals surface area contributed by atoms with Crippen molar-refractivity contribution < 1.29 is 9.60 Å². The van der Waals surface area contributed by atoms with Gasteiger partial charge in [-0.25, -0.2) is 0 Å². The number of rotatable bonds is 2. The number of hydrogen-bond acceptors (Lipinski definition) is 2. The van der Waals surface area contributed by atoms with E-state index in [-0.39, 0.29) is 17.1 Å². The quantitative estimate of drug-likeness (QED) is 0.655. The zero-order valence-electron chi connectivity index (χ0n) is 13.5. The van der Waals surface area contributed by atoms with Crippen LogP contribution in [-0.2, 0) is 12.7 Å². The summed E-state index contributed by atoms with van der Waals surface area (Å²) in [6.45, 7) is -0.0806. The molecule has 0 aromatic carbocycles. The van der Waals surface area contributed by atoms with Gasteiger partial charge in [0.1, 0.15) is 0 Å². The van der Waals surface area contributed by atoms with Crippen molar-refractivity contribution >= 4 is 0 Å². The number of nitrogens with zero attached hydrogens (tertiary/aromatic N) is 2. The lowest BCUT2D eigenvalue weighted by atomic mass is 10.2. The summed E-state index contributed by atoms with van der Waals surface area (Å²) in [7, 11) is 0. The molecular formula is C9H14N2. The summed E-state index contributed by atoms with van der Waals surface area (Å²) in [4.78, 5) is 7.49. The molecule has 0 aliphatic carbocycles. The maximum absolute atomic E-state index is 7.61. The van der Waals surface area contributed by atoms with Crippen LogP contribution in [0.2, 0.25) is 0 Å². The first-order valence-electron chi connectivity index (χ1n) is 6.72. The zero-order chi connectivity index (χ0) is 14.4. The number of aromatic nitrogens is 2. The lowest BCUT2D eigenvalue weighted by Gasteiger charge is -2.03. The van der Waals surface area contributed by atoms with E-state index in [0.29, 0.717) is 0 Å². The molecule has 0 amide bonds. The lowest BCUT2D eigenvalue weighted by molar-refractivity contribution is 0.885. The van der Waals surface area contributed by atoms with Gasteiger partial charge in [-0.15, -0.1) is 0 Å². The first-order valence-corrected chi connectivity index (χ1v) is 3.22. The third kappa shape index (κ3) is 1.76. The Balaban J connectivity index is 3.50. The lowest BCUT2D eigenvalue weighted by Crippen LogP contribution is -2.00. The van der Waals surface area contributed by atoms with Gasteiger partial charge >= 0.3 is 0 Å². The minimum absolute atomic E-state index is 0.178. The number of aryl methyl sites for hydroxylation is 3. The molecule has 2 heteroatoms. The van der Waals surface area contributed by atoms with Crippen molar-refractivity contribution in [2.75, 3.05) is 0 Å². The van der Waals surface area contributed by atoms with E-state index in [1.54, 1.807) is 0 Å². The normalized spacial score (nSPS) is 23.3. The SMILES string of the molecule is [2H]C([2H])([2H])c1cnc(C([2H])([2H])C)c(C([2H])([2H])C)n1. The topological polar surface area (TPSA) is 25.8 Å². The molecule has 2 nitrogen and oxygen atoms in total. The molecule has 0 saturated carbocycles. The Morgan fingerprint density at radius 3 is 2.73 bits per heavy atom. The van der Waals surface area contributed by atoms with Crippen LogP contribution in [0, 0.1) is 6.85 Å². The molecule has 1 aromatic rings. The second kappa shape index (κ2) is 3.46. The Labute approximate surface area is 77.5 Å². The van der Waals surface area contributed by atoms with E-state index in [4.69, 9.17) is 9.60 Å². The van der Waals surface area contributed by atoms with Gasteiger partial charge in [0.15, 0.2) is 0 Å². The second-order valence-corrected chi connectivity index (χ2v) is 1.95. The molecule has 1 rings (SSSR count). The fraction of sp³-hybridized carbons (Fsp3) is 0.556. The maximum atomic E-state index is 7.61. The van der Waals surface area contributed by atoms with Crippen LogP contribution >= 0.6 is 0 Å². The van der Waals surface area contributed by atoms with Crippen molar-refractivity contribution in [3.8, 4) is 0 Å². The predicted molar refractivity (Wildman–Crippen MR) is 45.5 cm³/mol. The summed E-state index contributed by atoms with van der Waals surface area (Å²) in [5.74, 6) is 0. The van der Waals surface area contributed by atoms with Gasteiger partial charge in [0.25, 0.3) is 0 Å². The molecule has 11 heavy (non-hydrogen) atoms. The van der Waals surface area contributed by atoms with Crippen LogP contribution in [0.5, 0.6) is 0 Å². The summed E-state index contributed by atoms with van der Waals surface area (Å²) in [5, 5.41) is 0. The molecule has 0 aliphatic rings. The fourth-order valence-corrected chi connectivity index (χ4v) is 0.746. The van der Waals surface area contributed by atoms with E-state index < -0.39 is 19.6 Å². The Bertz CT molecular complexity index is 442. The third-order valence-corrected chi connectivity index (χ3v) is 1.25. The maximum Gasteiger partial charge on any atom is 0.0619 e. The van der Waals surface area contributed by atoms with Gasteiger partial charge in [-0.05, 0) is 19.6 Å². The standard InChI is InChI=1S/C9H14N2/c1-4-8-9(5-2)11-7(3)6-10-8/h6H,4-5H2,1-3H3/i3D3,4D2,5D2. The second-order valence-electron chi connectivity index (χ2n) is 1.95. The Kier molecular flexibility index (Phi) is 0.897. The van der Waals surface area contributed by atoms with E-state index in [1.165, 1.54) is 13.8 Å². The van der Waals surface area contributed by atoms with Crippen LogP contribution < -0.4 is 0 Å². The Hall–Kier alpha value is -0.920. The zero-order valence-corrected chi connectivity index (χ0v) is 6.47. The molecule has 0 unspecified atom stereocenters. The van der Waals surface area contributed by atoms with E-state index >= 15 is 0 Å². The van der Waals surface area contributed by atoms with E-state index in [2.05, 4.69) is 9.97 Å². The molecule has 0 N–H and O–H groups in total. The third-order valence-electron chi connectivity index (χ3n) is 1.25. The van der Waals surface area contributed by atoms with Crippen LogP contribution in [-0.4, -0.2) is 9.97 Å². The van der Waals surface area contributed by atoms with E-state index in [0.717, 1.165) is 6.20 Å². The van der Waals surface area contributed by atoms with Gasteiger partial charge in [0, 0.05) is 15.8 Å². The molecule has 0 spiro atoms. The molecule has 0 aliphatic heterocycles. The van der Waals surface area contributed by atoms with Gasteiger partial charge in [-0.2, -0.15) is 0 Å². The number of hydrogen-bond donors (Lipinski definition) is 0. The van der Waals surface area contributed by atoms with Crippen molar-refractivity contribution in [1.82, 2.24) is 9.97 Å². The molecule has 0 bridgehead atoms. The average Bonchev–Trinajstić information content (AvgIpc) is 2.12. The predicted octanol–water partition coefficient (Wildman–Crippen LogP) is 1.91. The van der Waals surface area contributed by atoms with Crippen LogP contribution in [0.25, 0.3) is 0 Å². The molecule has 0 atom stereocenters. The van der Waals surface area contributed by atoms with Gasteiger partial charge in [-0.1, -0.05) is 13.8 Å². The summed E-state index contributed by atoms with van der Waals surface area (Å²) in [6.07, 6.45) is -2.88. The Morgan fingerprint density at radius 2 is 2.18 bits per heavy atom. The van der Waals surface area contributed by atoms with Crippen molar-refractivity contribution in [2.24, 2.45) is 0 Å². The summed E-state index contributed by atoms with van der Waals surface area (Å²) >= 11 is 0. The van der Waals surface area contributed by atoms with Crippen molar-refractivity contribution in [3.05, 3.63) is 23.3 Å². The molecule has 1 aromatic heterocycles. The molecule has 60 valence electrons. The molecule has 0 radical (unpaired) electrons. The highest BCUT2D eigenvalue weighted by molar-refractivity contribution is 5.13. The molecule has 0 fully saturated rings. The van der Waals surface area contributed by atoms with Gasteiger partial charge in [-0.3, -0.25) is 9.97 Å². The van der Waals surface area contributed by atoms with E-state index in [1.807, 2.05) is 0 Å². The van der Waals surface area contributed by atoms with E-state index in [9.17, 15) is 0 Å². The highest BCUT2D eigenvalue weighted by Gasteiger charge is 2.00. The first-order chi connectivity index (χ1) is 7.83. The van der Waals surface area contributed by atoms with Crippen LogP contribution in [0.3, 0.4) is 0 Å². The van der Waals surface area contributed by atoms with Gasteiger partial charge < -0.3 is 0 Å². The monoisotopic (exact) mass is 157 g/mol. The Morgan fingerprint density at radius 1 is 1.45 bits per heavy atom. The smallest absolute Gasteiger partial charge is 0.0619 e.